The van der Waals surface area contributed by atoms with Gasteiger partial charge in [0.15, 0.2) is 0 Å². The fourth-order valence-electron chi connectivity index (χ4n) is 2.19. The Balaban J connectivity index is 2.18. The average molecular weight is 306 g/mol. The number of fused-ring (bicyclic) bond motifs is 1. The molecule has 4 nitrogen and oxygen atoms in total. The van der Waals surface area contributed by atoms with Crippen molar-refractivity contribution in [3.63, 3.8) is 0 Å². The predicted molar refractivity (Wildman–Crippen MR) is 88.8 cm³/mol. The lowest BCUT2D eigenvalue weighted by molar-refractivity contribution is 0.0933. The quantitative estimate of drug-likeness (QED) is 0.795. The van der Waals surface area contributed by atoms with E-state index < -0.39 is 0 Å². The number of thiophene rings is 1. The van der Waals surface area contributed by atoms with Gasteiger partial charge in [-0.1, -0.05) is 25.5 Å². The molecule has 0 spiro atoms. The molecule has 0 bridgehead atoms. The Bertz CT molecular complexity index is 662. The summed E-state index contributed by atoms with van der Waals surface area (Å²) in [5.41, 5.74) is 7.66. The number of amides is 1. The molecule has 0 aliphatic heterocycles. The fourth-order valence-corrected chi connectivity index (χ4v) is 3.21. The lowest BCUT2D eigenvalue weighted by Crippen LogP contribution is -2.34. The van der Waals surface area contributed by atoms with Crippen LogP contribution in [0.15, 0.2) is 18.2 Å². The van der Waals surface area contributed by atoms with E-state index in [4.69, 9.17) is 10.8 Å². The first-order valence-electron chi connectivity index (χ1n) is 7.02. The highest BCUT2D eigenvalue weighted by Gasteiger charge is 2.21. The van der Waals surface area contributed by atoms with Crippen LogP contribution in [0, 0.1) is 12.3 Å². The summed E-state index contributed by atoms with van der Waals surface area (Å²) in [5.74, 6) is -0.141. The smallest absolute Gasteiger partial charge is 0.263 e. The number of nitrogens with two attached hydrogens (primary N) is 1. The maximum absolute atomic E-state index is 12.3. The molecular formula is C16H22N2O2S. The van der Waals surface area contributed by atoms with Gasteiger partial charge >= 0.3 is 0 Å². The van der Waals surface area contributed by atoms with E-state index in [1.165, 1.54) is 11.3 Å². The third-order valence-electron chi connectivity index (χ3n) is 3.60. The minimum atomic E-state index is -0.141. The predicted octanol–water partition coefficient (Wildman–Crippen LogP) is 2.93. The molecule has 5 heteroatoms. The van der Waals surface area contributed by atoms with Gasteiger partial charge in [-0.3, -0.25) is 4.79 Å². The lowest BCUT2D eigenvalue weighted by Gasteiger charge is -2.23. The summed E-state index contributed by atoms with van der Waals surface area (Å²) in [6, 6.07) is 6.02. The fraction of sp³-hybridized carbons (Fsp3) is 0.438. The van der Waals surface area contributed by atoms with Crippen LogP contribution in [0.1, 0.15) is 35.5 Å². The largest absolute Gasteiger partial charge is 0.397 e. The summed E-state index contributed by atoms with van der Waals surface area (Å²) in [4.78, 5) is 12.9. The number of aliphatic hydroxyl groups excluding tert-OH is 1. The van der Waals surface area contributed by atoms with Gasteiger partial charge in [0, 0.05) is 23.2 Å². The normalized spacial score (nSPS) is 11.8. The number of anilines is 1. The SMILES string of the molecule is Cc1ccc2sc(C(=O)NCC(C)(C)CCO)c(N)c2c1. The van der Waals surface area contributed by atoms with Crippen LogP contribution in [0.2, 0.25) is 0 Å². The molecule has 0 atom stereocenters. The molecule has 0 unspecified atom stereocenters. The minimum Gasteiger partial charge on any atom is -0.397 e. The van der Waals surface area contributed by atoms with Crippen molar-refractivity contribution in [3.8, 4) is 0 Å². The van der Waals surface area contributed by atoms with Crippen LogP contribution in [-0.2, 0) is 0 Å². The monoisotopic (exact) mass is 306 g/mol. The highest BCUT2D eigenvalue weighted by atomic mass is 32.1. The highest BCUT2D eigenvalue weighted by Crippen LogP contribution is 2.34. The number of aliphatic hydroxyl groups is 1. The van der Waals surface area contributed by atoms with Gasteiger partial charge in [0.1, 0.15) is 4.88 Å². The summed E-state index contributed by atoms with van der Waals surface area (Å²) >= 11 is 1.42. The number of hydrogen-bond donors (Lipinski definition) is 3. The van der Waals surface area contributed by atoms with Gasteiger partial charge in [-0.2, -0.15) is 0 Å². The molecule has 1 aromatic heterocycles. The number of carbonyl (C=O) groups is 1. The molecule has 0 saturated carbocycles. The molecule has 1 heterocycles. The Morgan fingerprint density at radius 3 is 2.81 bits per heavy atom. The topological polar surface area (TPSA) is 75.3 Å². The molecule has 0 fully saturated rings. The Hall–Kier alpha value is -1.59. The van der Waals surface area contributed by atoms with Crippen LogP contribution < -0.4 is 11.1 Å². The number of carbonyl (C=O) groups excluding carboxylic acids is 1. The van der Waals surface area contributed by atoms with Gasteiger partial charge in [-0.15, -0.1) is 11.3 Å². The standard InChI is InChI=1S/C16H22N2O2S/c1-10-4-5-12-11(8-10)13(17)14(21-12)15(20)18-9-16(2,3)6-7-19/h4-5,8,19H,6-7,9,17H2,1-3H3,(H,18,20). The van der Waals surface area contributed by atoms with Crippen LogP contribution in [0.3, 0.4) is 0 Å². The second-order valence-corrected chi connectivity index (χ2v) is 7.22. The van der Waals surface area contributed by atoms with Gasteiger partial charge in [0.25, 0.3) is 5.91 Å². The van der Waals surface area contributed by atoms with E-state index in [2.05, 4.69) is 5.32 Å². The molecule has 0 aliphatic carbocycles. The first-order valence-corrected chi connectivity index (χ1v) is 7.83. The first-order chi connectivity index (χ1) is 9.84. The van der Waals surface area contributed by atoms with Crippen LogP contribution in [-0.4, -0.2) is 24.2 Å². The van der Waals surface area contributed by atoms with Crippen molar-refractivity contribution >= 4 is 33.0 Å². The Morgan fingerprint density at radius 2 is 2.14 bits per heavy atom. The van der Waals surface area contributed by atoms with Crippen LogP contribution in [0.5, 0.6) is 0 Å². The number of aryl methyl sites for hydroxylation is 1. The van der Waals surface area contributed by atoms with Gasteiger partial charge in [0.2, 0.25) is 0 Å². The van der Waals surface area contributed by atoms with E-state index in [-0.39, 0.29) is 17.9 Å². The summed E-state index contributed by atoms with van der Waals surface area (Å²) in [6.45, 7) is 6.67. The number of benzene rings is 1. The van der Waals surface area contributed by atoms with Crippen molar-refractivity contribution in [1.82, 2.24) is 5.32 Å². The molecule has 0 aliphatic rings. The zero-order chi connectivity index (χ0) is 15.6. The van der Waals surface area contributed by atoms with Crippen molar-refractivity contribution in [1.29, 1.82) is 0 Å². The summed E-state index contributed by atoms with van der Waals surface area (Å²) in [6.07, 6.45) is 0.647. The van der Waals surface area contributed by atoms with Crippen LogP contribution in [0.4, 0.5) is 5.69 Å². The summed E-state index contributed by atoms with van der Waals surface area (Å²) in [5, 5.41) is 12.9. The van der Waals surface area contributed by atoms with Crippen molar-refractivity contribution in [2.75, 3.05) is 18.9 Å². The molecule has 4 N–H and O–H groups in total. The lowest BCUT2D eigenvalue weighted by atomic mass is 9.90. The second-order valence-electron chi connectivity index (χ2n) is 6.16. The van der Waals surface area contributed by atoms with Crippen molar-refractivity contribution in [2.45, 2.75) is 27.2 Å². The zero-order valence-corrected chi connectivity index (χ0v) is 13.5. The van der Waals surface area contributed by atoms with Gasteiger partial charge < -0.3 is 16.2 Å². The Morgan fingerprint density at radius 1 is 1.43 bits per heavy atom. The van der Waals surface area contributed by atoms with Crippen molar-refractivity contribution in [2.24, 2.45) is 5.41 Å². The molecule has 21 heavy (non-hydrogen) atoms. The summed E-state index contributed by atoms with van der Waals surface area (Å²) < 4.78 is 1.03. The van der Waals surface area contributed by atoms with Crippen LogP contribution in [0.25, 0.3) is 10.1 Å². The first kappa shape index (κ1) is 15.8. The maximum atomic E-state index is 12.3. The van der Waals surface area contributed by atoms with Crippen LogP contribution >= 0.6 is 11.3 Å². The number of nitrogens with one attached hydrogen (secondary N) is 1. The van der Waals surface area contributed by atoms with E-state index in [1.807, 2.05) is 39.0 Å². The maximum Gasteiger partial charge on any atom is 0.263 e. The number of hydrogen-bond acceptors (Lipinski definition) is 4. The number of rotatable bonds is 5. The van der Waals surface area contributed by atoms with E-state index >= 15 is 0 Å². The highest BCUT2D eigenvalue weighted by molar-refractivity contribution is 7.21. The molecule has 2 rings (SSSR count). The van der Waals surface area contributed by atoms with E-state index in [0.29, 0.717) is 23.5 Å². The van der Waals surface area contributed by atoms with E-state index in [0.717, 1.165) is 15.6 Å². The van der Waals surface area contributed by atoms with Gasteiger partial charge in [-0.25, -0.2) is 0 Å². The molecular weight excluding hydrogens is 284 g/mol. The van der Waals surface area contributed by atoms with Crippen molar-refractivity contribution in [3.05, 3.63) is 28.6 Å². The summed E-state index contributed by atoms with van der Waals surface area (Å²) in [7, 11) is 0. The molecule has 1 amide bonds. The zero-order valence-electron chi connectivity index (χ0n) is 12.7. The molecule has 1 aromatic carbocycles. The van der Waals surface area contributed by atoms with E-state index in [1.54, 1.807) is 0 Å². The third-order valence-corrected chi connectivity index (χ3v) is 4.79. The second kappa shape index (κ2) is 6.03. The molecule has 114 valence electrons. The Kier molecular flexibility index (Phi) is 4.54. The minimum absolute atomic E-state index is 0.118. The molecule has 2 aromatic rings. The van der Waals surface area contributed by atoms with Crippen molar-refractivity contribution < 1.29 is 9.90 Å². The third kappa shape index (κ3) is 3.54. The van der Waals surface area contributed by atoms with Gasteiger partial charge in [0.05, 0.1) is 5.69 Å². The molecule has 0 saturated heterocycles. The van der Waals surface area contributed by atoms with Gasteiger partial charge in [-0.05, 0) is 30.9 Å². The average Bonchev–Trinajstić information content (AvgIpc) is 2.73. The molecule has 0 radical (unpaired) electrons. The number of nitrogen functional groups attached to an aromatic ring is 1. The van der Waals surface area contributed by atoms with E-state index in [9.17, 15) is 4.79 Å². The Labute approximate surface area is 129 Å².